The van der Waals surface area contributed by atoms with Crippen LogP contribution in [0.1, 0.15) is 6.42 Å². The summed E-state index contributed by atoms with van der Waals surface area (Å²) in [4.78, 5) is 11.1. The van der Waals surface area contributed by atoms with E-state index in [9.17, 15) is 4.79 Å². The van der Waals surface area contributed by atoms with Crippen LogP contribution >= 0.6 is 0 Å². The Morgan fingerprint density at radius 3 is 2.72 bits per heavy atom. The van der Waals surface area contributed by atoms with Crippen LogP contribution in [0.15, 0.2) is 30.4 Å². The number of nitrogens with one attached hydrogen (secondary N) is 4. The number of hydrogen-bond donors (Lipinski definition) is 4. The van der Waals surface area contributed by atoms with E-state index in [1.54, 1.807) is 0 Å². The molecule has 0 aliphatic carbocycles. The Bertz CT molecular complexity index is 338. The maximum Gasteiger partial charge on any atom is 0.156 e. The van der Waals surface area contributed by atoms with Crippen molar-refractivity contribution in [2.45, 2.75) is 24.5 Å². The lowest BCUT2D eigenvalue weighted by Gasteiger charge is -2.19. The summed E-state index contributed by atoms with van der Waals surface area (Å²) in [5, 5.41) is 16.4. The molecule has 1 aliphatic rings. The van der Waals surface area contributed by atoms with Crippen molar-refractivity contribution in [2.75, 3.05) is 6.54 Å². The van der Waals surface area contributed by atoms with Crippen molar-refractivity contribution in [2.24, 2.45) is 11.0 Å². The van der Waals surface area contributed by atoms with Gasteiger partial charge in [0.15, 0.2) is 5.84 Å². The molecule has 0 spiro atoms. The molecule has 1 rings (SSSR count). The van der Waals surface area contributed by atoms with Crippen LogP contribution < -0.4 is 10.6 Å². The topological polar surface area (TPSA) is 101 Å². The van der Waals surface area contributed by atoms with E-state index in [0.717, 1.165) is 12.7 Å². The third-order valence-corrected chi connectivity index (χ3v) is 3.17. The molecule has 6 nitrogen and oxygen atoms in total. The first-order valence-electron chi connectivity index (χ1n) is 5.81. The van der Waals surface area contributed by atoms with Gasteiger partial charge >= 0.3 is 0 Å². The van der Waals surface area contributed by atoms with E-state index in [-0.39, 0.29) is 30.4 Å². The van der Waals surface area contributed by atoms with Crippen LogP contribution in [0.4, 0.5) is 0 Å². The van der Waals surface area contributed by atoms with Gasteiger partial charge in [0.25, 0.3) is 0 Å². The highest BCUT2D eigenvalue weighted by Crippen LogP contribution is 2.23. The summed E-state index contributed by atoms with van der Waals surface area (Å²) in [6.45, 7) is 7.65. The minimum absolute atomic E-state index is 0.0213. The fourth-order valence-electron chi connectivity index (χ4n) is 2.15. The molecular weight excluding hydrogens is 230 g/mol. The summed E-state index contributed by atoms with van der Waals surface area (Å²) in [6.07, 6.45) is 5.29. The third kappa shape index (κ3) is 3.41. The molecule has 0 aromatic carbocycles. The summed E-state index contributed by atoms with van der Waals surface area (Å²) in [5.41, 5.74) is 6.67. The van der Waals surface area contributed by atoms with Gasteiger partial charge in [-0.05, 0) is 12.3 Å². The van der Waals surface area contributed by atoms with E-state index >= 15 is 0 Å². The molecule has 0 saturated carbocycles. The Hall–Kier alpha value is -1.66. The molecule has 0 amide bonds. The fraction of sp³-hybridized carbons (Fsp3) is 0.500. The van der Waals surface area contributed by atoms with Gasteiger partial charge in [0, 0.05) is 12.1 Å². The first-order valence-corrected chi connectivity index (χ1v) is 5.81. The van der Waals surface area contributed by atoms with Crippen molar-refractivity contribution in [3.05, 3.63) is 25.3 Å². The smallest absolute Gasteiger partial charge is 0.156 e. The second-order valence-corrected chi connectivity index (χ2v) is 4.27. The van der Waals surface area contributed by atoms with Crippen molar-refractivity contribution in [1.29, 1.82) is 10.9 Å². The molecule has 0 aromatic rings. The van der Waals surface area contributed by atoms with Gasteiger partial charge < -0.3 is 10.1 Å². The summed E-state index contributed by atoms with van der Waals surface area (Å²) in [7, 11) is 0. The first kappa shape index (κ1) is 14.4. The van der Waals surface area contributed by atoms with Crippen molar-refractivity contribution in [3.63, 3.8) is 0 Å². The van der Waals surface area contributed by atoms with E-state index in [0.29, 0.717) is 0 Å². The van der Waals surface area contributed by atoms with E-state index in [1.165, 1.54) is 0 Å². The lowest BCUT2D eigenvalue weighted by Crippen LogP contribution is -2.48. The Morgan fingerprint density at radius 2 is 2.28 bits per heavy atom. The zero-order chi connectivity index (χ0) is 13.5. The highest BCUT2D eigenvalue weighted by molar-refractivity contribution is 5.81. The Morgan fingerprint density at radius 1 is 1.56 bits per heavy atom. The predicted octanol–water partition coefficient (Wildman–Crippen LogP) is 0.870. The molecule has 0 bridgehead atoms. The van der Waals surface area contributed by atoms with E-state index in [1.807, 2.05) is 12.2 Å². The lowest BCUT2D eigenvalue weighted by atomic mass is 9.97. The maximum atomic E-state index is 11.1. The van der Waals surface area contributed by atoms with Crippen molar-refractivity contribution < 1.29 is 4.79 Å². The molecule has 1 heterocycles. The van der Waals surface area contributed by atoms with Crippen molar-refractivity contribution >= 4 is 12.1 Å². The lowest BCUT2D eigenvalue weighted by molar-refractivity contribution is -0.110. The van der Waals surface area contributed by atoms with Crippen LogP contribution in [0.3, 0.4) is 0 Å². The first-order chi connectivity index (χ1) is 8.65. The summed E-state index contributed by atoms with van der Waals surface area (Å²) in [6, 6.07) is -0.302. The Labute approximate surface area is 107 Å². The zero-order valence-electron chi connectivity index (χ0n) is 10.2. The second-order valence-electron chi connectivity index (χ2n) is 4.27. The molecule has 98 valence electrons. The van der Waals surface area contributed by atoms with Crippen molar-refractivity contribution in [1.82, 2.24) is 10.6 Å². The average molecular weight is 249 g/mol. The monoisotopic (exact) mass is 249 g/mol. The van der Waals surface area contributed by atoms with Crippen LogP contribution in [0.2, 0.25) is 0 Å². The number of rotatable bonds is 7. The Kier molecular flexibility index (Phi) is 5.54. The van der Waals surface area contributed by atoms with Crippen LogP contribution in [-0.2, 0) is 4.79 Å². The quantitative estimate of drug-likeness (QED) is 0.177. The van der Waals surface area contributed by atoms with Gasteiger partial charge in [0.05, 0.1) is 12.6 Å². The molecule has 18 heavy (non-hydrogen) atoms. The molecule has 0 radical (unpaired) electrons. The molecule has 6 heteroatoms. The van der Waals surface area contributed by atoms with Gasteiger partial charge in [-0.15, -0.1) is 18.3 Å². The van der Waals surface area contributed by atoms with E-state index in [2.05, 4.69) is 28.9 Å². The number of aldehydes is 1. The number of amidine groups is 1. The second kappa shape index (κ2) is 6.93. The van der Waals surface area contributed by atoms with Crippen LogP contribution in [0.25, 0.3) is 0 Å². The number of carbonyl (C=O) groups excluding carboxylic acids is 1. The van der Waals surface area contributed by atoms with Crippen LogP contribution in [-0.4, -0.2) is 36.8 Å². The van der Waals surface area contributed by atoms with Gasteiger partial charge in [-0.25, -0.2) is 5.53 Å². The summed E-state index contributed by atoms with van der Waals surface area (Å²) >= 11 is 0. The zero-order valence-corrected chi connectivity index (χ0v) is 10.2. The Balaban J connectivity index is 2.58. The minimum Gasteiger partial charge on any atom is -0.305 e. The maximum absolute atomic E-state index is 11.1. The predicted molar refractivity (Wildman–Crippen MR) is 69.9 cm³/mol. The third-order valence-electron chi connectivity index (χ3n) is 3.17. The molecule has 0 aromatic heterocycles. The normalized spacial score (nSPS) is 28.3. The molecule has 1 fully saturated rings. The summed E-state index contributed by atoms with van der Waals surface area (Å²) in [5.74, 6) is 0.164. The van der Waals surface area contributed by atoms with Gasteiger partial charge in [-0.3, -0.25) is 10.7 Å². The van der Waals surface area contributed by atoms with E-state index in [4.69, 9.17) is 10.9 Å². The summed E-state index contributed by atoms with van der Waals surface area (Å²) < 4.78 is 0. The molecule has 4 atom stereocenters. The molecule has 4 unspecified atom stereocenters. The van der Waals surface area contributed by atoms with Crippen molar-refractivity contribution in [3.8, 4) is 0 Å². The highest BCUT2D eigenvalue weighted by Gasteiger charge is 2.34. The SMILES string of the molecule is C=CC1CC(C(C=O)NCC(=N)N=N)NC1C=C. The van der Waals surface area contributed by atoms with Crippen LogP contribution in [0.5, 0.6) is 0 Å². The van der Waals surface area contributed by atoms with Gasteiger partial charge in [0.2, 0.25) is 0 Å². The highest BCUT2D eigenvalue weighted by atomic mass is 16.1. The van der Waals surface area contributed by atoms with E-state index < -0.39 is 6.04 Å². The number of carbonyl (C=O) groups is 1. The molecular formula is C12H19N5O. The molecule has 1 aliphatic heterocycles. The van der Waals surface area contributed by atoms with Gasteiger partial charge in [-0.2, -0.15) is 0 Å². The van der Waals surface area contributed by atoms with Gasteiger partial charge in [0.1, 0.15) is 6.29 Å². The average Bonchev–Trinajstić information content (AvgIpc) is 2.82. The number of nitrogens with zero attached hydrogens (tertiary/aromatic N) is 1. The largest absolute Gasteiger partial charge is 0.305 e. The van der Waals surface area contributed by atoms with Crippen LogP contribution in [0, 0.1) is 16.9 Å². The fourth-order valence-corrected chi connectivity index (χ4v) is 2.15. The number of hydrogen-bond acceptors (Lipinski definition) is 5. The molecule has 4 N–H and O–H groups in total. The minimum atomic E-state index is -0.403. The standard InChI is InChI=1S/C12H19N5O/c1-3-8-5-10(16-9(8)4-2)11(7-18)15-6-12(13)17-14/h3-4,7-11,13-16H,1-2,5-6H2. The van der Waals surface area contributed by atoms with Gasteiger partial charge in [-0.1, -0.05) is 12.2 Å². The molecule has 1 saturated heterocycles.